The minimum atomic E-state index is -3.86. The van der Waals surface area contributed by atoms with Crippen LogP contribution in [0.1, 0.15) is 16.8 Å². The van der Waals surface area contributed by atoms with Crippen LogP contribution in [0.15, 0.2) is 47.6 Å². The van der Waals surface area contributed by atoms with Crippen molar-refractivity contribution in [1.82, 2.24) is 14.1 Å². The SMILES string of the molecule is Cc1cc([N+](=O)[O-])cc(S(=O)(=O)NCCc2cn3ccccc3n2)c1C. The smallest absolute Gasteiger partial charge is 0.271 e. The Morgan fingerprint density at radius 3 is 2.73 bits per heavy atom. The van der Waals surface area contributed by atoms with Crippen LogP contribution in [-0.4, -0.2) is 29.3 Å². The van der Waals surface area contributed by atoms with Gasteiger partial charge in [-0.25, -0.2) is 18.1 Å². The fourth-order valence-corrected chi connectivity index (χ4v) is 4.06. The maximum absolute atomic E-state index is 12.6. The van der Waals surface area contributed by atoms with Gasteiger partial charge in [-0.1, -0.05) is 6.07 Å². The Balaban J connectivity index is 1.77. The van der Waals surface area contributed by atoms with E-state index >= 15 is 0 Å². The van der Waals surface area contributed by atoms with Crippen LogP contribution in [0.2, 0.25) is 0 Å². The standard InChI is InChI=1S/C17H18N4O4S/c1-12-9-15(21(22)23)10-16(13(12)2)26(24,25)18-7-6-14-11-20-8-4-3-5-17(20)19-14/h3-5,8-11,18H,6-7H2,1-2H3. The number of benzene rings is 1. The van der Waals surface area contributed by atoms with Crippen LogP contribution in [0.5, 0.6) is 0 Å². The first-order chi connectivity index (χ1) is 12.3. The van der Waals surface area contributed by atoms with Gasteiger partial charge in [-0.2, -0.15) is 0 Å². The molecule has 0 bridgehead atoms. The molecule has 8 nitrogen and oxygen atoms in total. The molecule has 0 saturated carbocycles. The average molecular weight is 374 g/mol. The van der Waals surface area contributed by atoms with Crippen LogP contribution in [0.25, 0.3) is 5.65 Å². The Kier molecular flexibility index (Phi) is 4.75. The summed E-state index contributed by atoms with van der Waals surface area (Å²) < 4.78 is 29.5. The van der Waals surface area contributed by atoms with Crippen LogP contribution in [0.3, 0.4) is 0 Å². The van der Waals surface area contributed by atoms with Crippen LogP contribution in [0.4, 0.5) is 5.69 Å². The van der Waals surface area contributed by atoms with Gasteiger partial charge in [-0.3, -0.25) is 10.1 Å². The lowest BCUT2D eigenvalue weighted by atomic mass is 10.1. The molecule has 1 N–H and O–H groups in total. The van der Waals surface area contributed by atoms with Crippen molar-refractivity contribution in [2.75, 3.05) is 6.54 Å². The molecule has 3 aromatic rings. The van der Waals surface area contributed by atoms with Gasteiger partial charge in [0, 0.05) is 37.5 Å². The second-order valence-corrected chi connectivity index (χ2v) is 7.72. The van der Waals surface area contributed by atoms with Crippen molar-refractivity contribution in [3.8, 4) is 0 Å². The molecule has 0 aliphatic carbocycles. The van der Waals surface area contributed by atoms with E-state index in [0.29, 0.717) is 17.5 Å². The highest BCUT2D eigenvalue weighted by molar-refractivity contribution is 7.89. The second kappa shape index (κ2) is 6.85. The van der Waals surface area contributed by atoms with Gasteiger partial charge in [0.1, 0.15) is 5.65 Å². The number of rotatable bonds is 6. The van der Waals surface area contributed by atoms with Crippen molar-refractivity contribution < 1.29 is 13.3 Å². The van der Waals surface area contributed by atoms with Gasteiger partial charge < -0.3 is 4.40 Å². The van der Waals surface area contributed by atoms with E-state index in [1.165, 1.54) is 6.07 Å². The predicted octanol–water partition coefficient (Wildman–Crippen LogP) is 2.38. The summed E-state index contributed by atoms with van der Waals surface area (Å²) in [5.74, 6) is 0. The summed E-state index contributed by atoms with van der Waals surface area (Å²) in [7, 11) is -3.86. The summed E-state index contributed by atoms with van der Waals surface area (Å²) in [6, 6.07) is 8.08. The normalized spacial score (nSPS) is 11.8. The van der Waals surface area contributed by atoms with Gasteiger partial charge in [0.2, 0.25) is 10.0 Å². The van der Waals surface area contributed by atoms with Crippen LogP contribution >= 0.6 is 0 Å². The minimum Gasteiger partial charge on any atom is -0.307 e. The van der Waals surface area contributed by atoms with E-state index < -0.39 is 14.9 Å². The van der Waals surface area contributed by atoms with Gasteiger partial charge >= 0.3 is 0 Å². The first-order valence-corrected chi connectivity index (χ1v) is 9.44. The number of aryl methyl sites for hydroxylation is 1. The van der Waals surface area contributed by atoms with Crippen molar-refractivity contribution in [2.45, 2.75) is 25.2 Å². The molecule has 0 fully saturated rings. The Morgan fingerprint density at radius 1 is 1.27 bits per heavy atom. The zero-order valence-electron chi connectivity index (χ0n) is 14.3. The second-order valence-electron chi connectivity index (χ2n) is 5.99. The Bertz CT molecular complexity index is 1060. The third kappa shape index (κ3) is 3.58. The van der Waals surface area contributed by atoms with Crippen molar-refractivity contribution in [2.24, 2.45) is 0 Å². The predicted molar refractivity (Wildman–Crippen MR) is 96.7 cm³/mol. The lowest BCUT2D eigenvalue weighted by Crippen LogP contribution is -2.27. The Labute approximate surface area is 150 Å². The van der Waals surface area contributed by atoms with Crippen LogP contribution in [0, 0.1) is 24.0 Å². The lowest BCUT2D eigenvalue weighted by Gasteiger charge is -2.11. The molecule has 0 atom stereocenters. The molecular weight excluding hydrogens is 356 g/mol. The van der Waals surface area contributed by atoms with Crippen molar-refractivity contribution in [1.29, 1.82) is 0 Å². The number of fused-ring (bicyclic) bond motifs is 1. The van der Waals surface area contributed by atoms with E-state index in [-0.39, 0.29) is 17.1 Å². The highest BCUT2D eigenvalue weighted by Gasteiger charge is 2.22. The molecule has 0 radical (unpaired) electrons. The molecule has 2 heterocycles. The fraction of sp³-hybridized carbons (Fsp3) is 0.235. The molecular formula is C17H18N4O4S. The number of nitrogens with one attached hydrogen (secondary N) is 1. The number of aromatic nitrogens is 2. The lowest BCUT2D eigenvalue weighted by molar-refractivity contribution is -0.385. The highest BCUT2D eigenvalue weighted by atomic mass is 32.2. The number of nitro groups is 1. The van der Waals surface area contributed by atoms with Gasteiger partial charge in [-0.15, -0.1) is 0 Å². The van der Waals surface area contributed by atoms with E-state index in [9.17, 15) is 18.5 Å². The maximum atomic E-state index is 12.6. The first-order valence-electron chi connectivity index (χ1n) is 7.96. The Hall–Kier alpha value is -2.78. The zero-order chi connectivity index (χ0) is 18.9. The minimum absolute atomic E-state index is 0.0702. The molecule has 9 heteroatoms. The summed E-state index contributed by atoms with van der Waals surface area (Å²) >= 11 is 0. The summed E-state index contributed by atoms with van der Waals surface area (Å²) in [6.45, 7) is 3.43. The number of non-ortho nitro benzene ring substituents is 1. The highest BCUT2D eigenvalue weighted by Crippen LogP contribution is 2.25. The Morgan fingerprint density at radius 2 is 2.04 bits per heavy atom. The molecule has 0 amide bonds. The summed E-state index contributed by atoms with van der Waals surface area (Å²) in [5.41, 5.74) is 2.35. The van der Waals surface area contributed by atoms with Gasteiger partial charge in [-0.05, 0) is 37.1 Å². The molecule has 0 aliphatic heterocycles. The number of nitrogens with zero attached hydrogens (tertiary/aromatic N) is 3. The third-order valence-corrected chi connectivity index (χ3v) is 5.78. The molecule has 26 heavy (non-hydrogen) atoms. The van der Waals surface area contributed by atoms with E-state index in [2.05, 4.69) is 9.71 Å². The average Bonchev–Trinajstić information content (AvgIpc) is 2.99. The number of pyridine rings is 1. The first kappa shape index (κ1) is 18.0. The number of sulfonamides is 1. The van der Waals surface area contributed by atoms with Crippen molar-refractivity contribution >= 4 is 21.4 Å². The van der Waals surface area contributed by atoms with Crippen LogP contribution < -0.4 is 4.72 Å². The molecule has 2 aromatic heterocycles. The van der Waals surface area contributed by atoms with E-state index in [4.69, 9.17) is 0 Å². The summed E-state index contributed by atoms with van der Waals surface area (Å²) in [6.07, 6.45) is 4.12. The largest absolute Gasteiger partial charge is 0.307 e. The summed E-state index contributed by atoms with van der Waals surface area (Å²) in [5, 5.41) is 11.0. The zero-order valence-corrected chi connectivity index (χ0v) is 15.2. The van der Waals surface area contributed by atoms with Crippen molar-refractivity contribution in [3.63, 3.8) is 0 Å². The number of imidazole rings is 1. The fourth-order valence-electron chi connectivity index (χ4n) is 2.69. The molecule has 3 rings (SSSR count). The van der Waals surface area contributed by atoms with Crippen molar-refractivity contribution in [3.05, 3.63) is 69.7 Å². The van der Waals surface area contributed by atoms with E-state index in [0.717, 1.165) is 17.4 Å². The van der Waals surface area contributed by atoms with Gasteiger partial charge in [0.15, 0.2) is 0 Å². The van der Waals surface area contributed by atoms with Crippen LogP contribution in [-0.2, 0) is 16.4 Å². The molecule has 0 spiro atoms. The molecule has 0 saturated heterocycles. The maximum Gasteiger partial charge on any atom is 0.271 e. The molecule has 0 unspecified atom stereocenters. The number of hydrogen-bond acceptors (Lipinski definition) is 5. The summed E-state index contributed by atoms with van der Waals surface area (Å²) in [4.78, 5) is 14.8. The topological polar surface area (TPSA) is 107 Å². The number of hydrogen-bond donors (Lipinski definition) is 1. The number of nitro benzene ring substituents is 1. The molecule has 0 aliphatic rings. The quantitative estimate of drug-likeness (QED) is 0.527. The monoisotopic (exact) mass is 374 g/mol. The van der Waals surface area contributed by atoms with E-state index in [1.807, 2.05) is 35.0 Å². The van der Waals surface area contributed by atoms with Gasteiger partial charge in [0.05, 0.1) is 15.5 Å². The molecule has 1 aromatic carbocycles. The van der Waals surface area contributed by atoms with E-state index in [1.54, 1.807) is 13.8 Å². The third-order valence-electron chi connectivity index (χ3n) is 4.19. The molecule has 136 valence electrons. The van der Waals surface area contributed by atoms with Gasteiger partial charge in [0.25, 0.3) is 5.69 Å².